The molecule has 0 spiro atoms. The van der Waals surface area contributed by atoms with Gasteiger partial charge in [0.2, 0.25) is 0 Å². The molecule has 2 aromatic carbocycles. The third-order valence-corrected chi connectivity index (χ3v) is 6.85. The lowest BCUT2D eigenvalue weighted by Gasteiger charge is -2.30. The number of carbonyl (C=O) groups excluding carboxylic acids is 2. The number of cyclic esters (lactones) is 1. The number of thiophene rings is 1. The van der Waals surface area contributed by atoms with E-state index >= 15 is 0 Å². The average molecular weight is 362 g/mol. The standard InChI is InChI=1S/C22H18O3S/c1-12-7-8-16-15(9-12)19-17(26-16)10-14-11-25-22(24)18(14)20(19)21(23)13-5-3-2-4-6-13/h2-9,14,18,20H,10-11H2,1H3/t14-,18-,20+/m1/s1. The summed E-state index contributed by atoms with van der Waals surface area (Å²) >= 11 is 1.76. The first-order chi connectivity index (χ1) is 12.6. The number of esters is 1. The van der Waals surface area contributed by atoms with Crippen LogP contribution in [0, 0.1) is 18.8 Å². The molecule has 1 fully saturated rings. The maximum absolute atomic E-state index is 13.5. The van der Waals surface area contributed by atoms with Gasteiger partial charge >= 0.3 is 5.97 Å². The summed E-state index contributed by atoms with van der Waals surface area (Å²) in [7, 11) is 0. The Morgan fingerprint density at radius 3 is 2.77 bits per heavy atom. The molecule has 2 heterocycles. The largest absolute Gasteiger partial charge is 0.465 e. The molecule has 0 amide bonds. The fraction of sp³-hybridized carbons (Fsp3) is 0.273. The van der Waals surface area contributed by atoms with Crippen LogP contribution in [0.5, 0.6) is 0 Å². The molecule has 1 aliphatic carbocycles. The summed E-state index contributed by atoms with van der Waals surface area (Å²) in [5, 5.41) is 1.12. The van der Waals surface area contributed by atoms with Gasteiger partial charge in [-0.15, -0.1) is 11.3 Å². The van der Waals surface area contributed by atoms with Gasteiger partial charge in [0.15, 0.2) is 5.78 Å². The first-order valence-corrected chi connectivity index (χ1v) is 9.73. The Kier molecular flexibility index (Phi) is 3.50. The molecule has 0 N–H and O–H groups in total. The number of ketones is 1. The zero-order chi connectivity index (χ0) is 17.8. The predicted molar refractivity (Wildman–Crippen MR) is 102 cm³/mol. The van der Waals surface area contributed by atoms with Crippen LogP contribution in [-0.2, 0) is 16.0 Å². The number of carbonyl (C=O) groups is 2. The SMILES string of the molecule is Cc1ccc2sc3c(c2c1)[C@@H](C(=O)c1ccccc1)[C@@H]1C(=O)OC[C@H]1C3. The molecule has 1 aliphatic heterocycles. The molecule has 3 atom stereocenters. The van der Waals surface area contributed by atoms with Crippen LogP contribution in [0.15, 0.2) is 48.5 Å². The van der Waals surface area contributed by atoms with Crippen molar-refractivity contribution in [2.75, 3.05) is 6.61 Å². The second-order valence-corrected chi connectivity index (χ2v) is 8.40. The lowest BCUT2D eigenvalue weighted by molar-refractivity contribution is -0.141. The number of rotatable bonds is 2. The summed E-state index contributed by atoms with van der Waals surface area (Å²) in [5.41, 5.74) is 2.89. The molecule has 0 saturated carbocycles. The first-order valence-electron chi connectivity index (χ1n) is 8.91. The Morgan fingerprint density at radius 1 is 1.15 bits per heavy atom. The summed E-state index contributed by atoms with van der Waals surface area (Å²) in [6.07, 6.45) is 0.822. The van der Waals surface area contributed by atoms with Crippen LogP contribution in [-0.4, -0.2) is 18.4 Å². The number of benzene rings is 2. The Balaban J connectivity index is 1.75. The lowest BCUT2D eigenvalue weighted by Crippen LogP contribution is -2.34. The fourth-order valence-corrected chi connectivity index (χ4v) is 5.77. The lowest BCUT2D eigenvalue weighted by atomic mass is 9.69. The number of hydrogen-bond donors (Lipinski definition) is 0. The zero-order valence-electron chi connectivity index (χ0n) is 14.4. The van der Waals surface area contributed by atoms with Crippen LogP contribution in [0.25, 0.3) is 10.1 Å². The Bertz CT molecular complexity index is 1030. The number of aryl methyl sites for hydroxylation is 1. The molecular weight excluding hydrogens is 344 g/mol. The quantitative estimate of drug-likeness (QED) is 0.497. The smallest absolute Gasteiger partial charge is 0.310 e. The van der Waals surface area contributed by atoms with Gasteiger partial charge in [-0.05, 0) is 30.4 Å². The highest BCUT2D eigenvalue weighted by Gasteiger charge is 2.50. The van der Waals surface area contributed by atoms with Crippen molar-refractivity contribution < 1.29 is 14.3 Å². The van der Waals surface area contributed by atoms with E-state index in [1.807, 2.05) is 30.3 Å². The molecule has 0 bridgehead atoms. The molecule has 1 aromatic heterocycles. The highest BCUT2D eigenvalue weighted by Crippen LogP contribution is 2.50. The van der Waals surface area contributed by atoms with Crippen molar-refractivity contribution in [3.05, 3.63) is 70.1 Å². The molecular formula is C22H18O3S. The summed E-state index contributed by atoms with van der Waals surface area (Å²) in [4.78, 5) is 27.2. The number of ether oxygens (including phenoxy) is 1. The van der Waals surface area contributed by atoms with E-state index in [2.05, 4.69) is 25.1 Å². The molecule has 5 rings (SSSR count). The van der Waals surface area contributed by atoms with E-state index in [1.54, 1.807) is 11.3 Å². The highest BCUT2D eigenvalue weighted by molar-refractivity contribution is 7.19. The van der Waals surface area contributed by atoms with Crippen LogP contribution in [0.4, 0.5) is 0 Å². The fourth-order valence-electron chi connectivity index (χ4n) is 4.44. The Labute approximate surface area is 155 Å². The highest BCUT2D eigenvalue weighted by atomic mass is 32.1. The van der Waals surface area contributed by atoms with Crippen molar-refractivity contribution in [1.82, 2.24) is 0 Å². The Morgan fingerprint density at radius 2 is 1.96 bits per heavy atom. The van der Waals surface area contributed by atoms with Crippen molar-refractivity contribution in [3.63, 3.8) is 0 Å². The summed E-state index contributed by atoms with van der Waals surface area (Å²) in [6.45, 7) is 2.49. The number of hydrogen-bond acceptors (Lipinski definition) is 4. The van der Waals surface area contributed by atoms with Crippen LogP contribution >= 0.6 is 11.3 Å². The second-order valence-electron chi connectivity index (χ2n) is 7.27. The maximum Gasteiger partial charge on any atom is 0.310 e. The third-order valence-electron chi connectivity index (χ3n) is 5.64. The summed E-state index contributed by atoms with van der Waals surface area (Å²) in [6, 6.07) is 15.7. The molecule has 26 heavy (non-hydrogen) atoms. The van der Waals surface area contributed by atoms with Crippen LogP contribution in [0.2, 0.25) is 0 Å². The van der Waals surface area contributed by atoms with Gasteiger partial charge < -0.3 is 4.74 Å². The summed E-state index contributed by atoms with van der Waals surface area (Å²) < 4.78 is 6.56. The Hall–Kier alpha value is -2.46. The van der Waals surface area contributed by atoms with Gasteiger partial charge in [0.1, 0.15) is 0 Å². The van der Waals surface area contributed by atoms with E-state index in [1.165, 1.54) is 15.1 Å². The molecule has 0 radical (unpaired) electrons. The minimum absolute atomic E-state index is 0.0293. The van der Waals surface area contributed by atoms with E-state index in [-0.39, 0.29) is 23.6 Å². The van der Waals surface area contributed by atoms with E-state index in [0.717, 1.165) is 17.4 Å². The summed E-state index contributed by atoms with van der Waals surface area (Å²) in [5.74, 6) is -0.907. The first kappa shape index (κ1) is 15.8. The molecule has 1 saturated heterocycles. The maximum atomic E-state index is 13.5. The molecule has 2 aliphatic rings. The van der Waals surface area contributed by atoms with Crippen LogP contribution in [0.1, 0.15) is 32.3 Å². The van der Waals surface area contributed by atoms with Crippen molar-refractivity contribution in [1.29, 1.82) is 0 Å². The van der Waals surface area contributed by atoms with Crippen LogP contribution in [0.3, 0.4) is 0 Å². The third kappa shape index (κ3) is 2.25. The van der Waals surface area contributed by atoms with E-state index < -0.39 is 5.92 Å². The van der Waals surface area contributed by atoms with E-state index in [0.29, 0.717) is 12.2 Å². The van der Waals surface area contributed by atoms with E-state index in [9.17, 15) is 9.59 Å². The van der Waals surface area contributed by atoms with Crippen molar-refractivity contribution in [2.24, 2.45) is 11.8 Å². The van der Waals surface area contributed by atoms with Gasteiger partial charge in [0.25, 0.3) is 0 Å². The minimum atomic E-state index is -0.448. The van der Waals surface area contributed by atoms with Crippen molar-refractivity contribution in [2.45, 2.75) is 19.3 Å². The van der Waals surface area contributed by atoms with E-state index in [4.69, 9.17) is 4.74 Å². The number of fused-ring (bicyclic) bond motifs is 4. The zero-order valence-corrected chi connectivity index (χ0v) is 15.2. The van der Waals surface area contributed by atoms with Crippen molar-refractivity contribution in [3.8, 4) is 0 Å². The molecule has 0 unspecified atom stereocenters. The van der Waals surface area contributed by atoms with Crippen LogP contribution < -0.4 is 0 Å². The van der Waals surface area contributed by atoms with Gasteiger partial charge in [-0.1, -0.05) is 48.0 Å². The monoisotopic (exact) mass is 362 g/mol. The molecule has 3 nitrogen and oxygen atoms in total. The van der Waals surface area contributed by atoms with Gasteiger partial charge in [-0.2, -0.15) is 0 Å². The van der Waals surface area contributed by atoms with Gasteiger partial charge in [-0.25, -0.2) is 0 Å². The molecule has 130 valence electrons. The normalized spacial score (nSPS) is 24.2. The van der Waals surface area contributed by atoms with Crippen molar-refractivity contribution >= 4 is 33.2 Å². The minimum Gasteiger partial charge on any atom is -0.465 e. The number of Topliss-reactive ketones (excluding diaryl/α,β-unsaturated/α-hetero) is 1. The molecule has 3 aromatic rings. The molecule has 4 heteroatoms. The van der Waals surface area contributed by atoms with Gasteiger partial charge in [0.05, 0.1) is 18.4 Å². The predicted octanol–water partition coefficient (Wildman–Crippen LogP) is 4.52. The second kappa shape index (κ2) is 5.78. The van der Waals surface area contributed by atoms with Gasteiger partial charge in [0, 0.05) is 21.1 Å². The topological polar surface area (TPSA) is 43.4 Å². The average Bonchev–Trinajstić information content (AvgIpc) is 3.20. The van der Waals surface area contributed by atoms with Gasteiger partial charge in [-0.3, -0.25) is 9.59 Å².